The quantitative estimate of drug-likeness (QED) is 0.632. The molecule has 0 aliphatic carbocycles. The highest BCUT2D eigenvalue weighted by molar-refractivity contribution is 5.54. The summed E-state index contributed by atoms with van der Waals surface area (Å²) in [6.45, 7) is 5.90. The average molecular weight is 394 g/mol. The number of methoxy groups -OCH3 is 2. The number of ether oxygens (including phenoxy) is 2. The van der Waals surface area contributed by atoms with Gasteiger partial charge in [-0.3, -0.25) is 4.90 Å². The van der Waals surface area contributed by atoms with Crippen molar-refractivity contribution in [3.8, 4) is 23.0 Å². The summed E-state index contributed by atoms with van der Waals surface area (Å²) in [4.78, 5) is 4.77. The zero-order valence-corrected chi connectivity index (χ0v) is 17.0. The third-order valence-corrected chi connectivity index (χ3v) is 5.43. The summed E-state index contributed by atoms with van der Waals surface area (Å²) in [7, 11) is 3.34. The van der Waals surface area contributed by atoms with Gasteiger partial charge in [-0.2, -0.15) is 0 Å². The van der Waals surface area contributed by atoms with Crippen LogP contribution < -0.4 is 14.4 Å². The van der Waals surface area contributed by atoms with Crippen LogP contribution in [0.4, 0.5) is 5.69 Å². The van der Waals surface area contributed by atoms with E-state index in [2.05, 4.69) is 39.1 Å². The normalized spacial score (nSPS) is 15.9. The molecule has 0 N–H and O–H groups in total. The number of piperazine rings is 1. The molecule has 0 saturated carbocycles. The molecule has 1 aliphatic heterocycles. The molecular weight excluding hydrogens is 368 g/mol. The molecule has 0 amide bonds. The van der Waals surface area contributed by atoms with Gasteiger partial charge in [-0.05, 0) is 55.5 Å². The molecule has 1 aliphatic rings. The highest BCUT2D eigenvalue weighted by Gasteiger charge is 2.26. The minimum Gasteiger partial charge on any atom is -0.497 e. The predicted molar refractivity (Wildman–Crippen MR) is 111 cm³/mol. The first-order valence-electron chi connectivity index (χ1n) is 9.79. The lowest BCUT2D eigenvalue weighted by atomic mass is 10.2. The summed E-state index contributed by atoms with van der Waals surface area (Å²) >= 11 is 0. The number of hydrogen-bond donors (Lipinski definition) is 0. The maximum Gasteiger partial charge on any atom is 0.247 e. The van der Waals surface area contributed by atoms with Crippen molar-refractivity contribution in [2.24, 2.45) is 0 Å². The van der Waals surface area contributed by atoms with Gasteiger partial charge in [0, 0.05) is 37.4 Å². The summed E-state index contributed by atoms with van der Waals surface area (Å²) in [5.74, 6) is 2.86. The standard InChI is InChI=1S/C22H26N4O3/c1-16(21-23-24-22(29-21)17-4-8-19(27-2)9-5-17)25-12-14-26(15-13-25)18-6-10-20(28-3)11-7-18/h4-11,16H,12-15H2,1-3H3/t16-/m0/s1. The van der Waals surface area contributed by atoms with Crippen molar-refractivity contribution < 1.29 is 13.9 Å². The van der Waals surface area contributed by atoms with E-state index >= 15 is 0 Å². The van der Waals surface area contributed by atoms with Gasteiger partial charge in [0.1, 0.15) is 11.5 Å². The van der Waals surface area contributed by atoms with E-state index in [1.54, 1.807) is 14.2 Å². The lowest BCUT2D eigenvalue weighted by Crippen LogP contribution is -2.47. The van der Waals surface area contributed by atoms with Gasteiger partial charge in [0.2, 0.25) is 11.8 Å². The van der Waals surface area contributed by atoms with Gasteiger partial charge in [-0.25, -0.2) is 0 Å². The maximum absolute atomic E-state index is 5.96. The minimum atomic E-state index is 0.0764. The molecule has 0 radical (unpaired) electrons. The summed E-state index contributed by atoms with van der Waals surface area (Å²) in [5.41, 5.74) is 2.11. The Bertz CT molecular complexity index is 916. The number of nitrogens with zero attached hydrogens (tertiary/aromatic N) is 4. The molecule has 0 unspecified atom stereocenters. The number of hydrogen-bond acceptors (Lipinski definition) is 7. The molecular formula is C22H26N4O3. The second kappa shape index (κ2) is 8.53. The number of aromatic nitrogens is 2. The van der Waals surface area contributed by atoms with E-state index < -0.39 is 0 Å². The second-order valence-corrected chi connectivity index (χ2v) is 7.07. The van der Waals surface area contributed by atoms with Crippen molar-refractivity contribution in [3.05, 3.63) is 54.4 Å². The topological polar surface area (TPSA) is 63.9 Å². The SMILES string of the molecule is COc1ccc(-c2nnc([C@H](C)N3CCN(c4ccc(OC)cc4)CC3)o2)cc1. The predicted octanol–water partition coefficient (Wildman–Crippen LogP) is 3.64. The van der Waals surface area contributed by atoms with Gasteiger partial charge < -0.3 is 18.8 Å². The van der Waals surface area contributed by atoms with Crippen molar-refractivity contribution in [1.82, 2.24) is 15.1 Å². The fraction of sp³-hybridized carbons (Fsp3) is 0.364. The third kappa shape index (κ3) is 4.19. The van der Waals surface area contributed by atoms with E-state index in [1.165, 1.54) is 5.69 Å². The van der Waals surface area contributed by atoms with Gasteiger partial charge in [0.25, 0.3) is 0 Å². The molecule has 7 nitrogen and oxygen atoms in total. The van der Waals surface area contributed by atoms with Crippen molar-refractivity contribution in [2.75, 3.05) is 45.3 Å². The maximum atomic E-state index is 5.96. The van der Waals surface area contributed by atoms with Gasteiger partial charge in [0.05, 0.1) is 20.3 Å². The zero-order chi connectivity index (χ0) is 20.2. The third-order valence-electron chi connectivity index (χ3n) is 5.43. The van der Waals surface area contributed by atoms with Crippen molar-refractivity contribution in [1.29, 1.82) is 0 Å². The van der Waals surface area contributed by atoms with Crippen LogP contribution >= 0.6 is 0 Å². The molecule has 1 aromatic heterocycles. The van der Waals surface area contributed by atoms with Crippen molar-refractivity contribution >= 4 is 5.69 Å². The smallest absolute Gasteiger partial charge is 0.247 e. The first kappa shape index (κ1) is 19.3. The highest BCUT2D eigenvalue weighted by atomic mass is 16.5. The van der Waals surface area contributed by atoms with Crippen LogP contribution in [0.5, 0.6) is 11.5 Å². The molecule has 0 bridgehead atoms. The van der Waals surface area contributed by atoms with Crippen LogP contribution in [0.25, 0.3) is 11.5 Å². The second-order valence-electron chi connectivity index (χ2n) is 7.07. The fourth-order valence-electron chi connectivity index (χ4n) is 3.57. The first-order chi connectivity index (χ1) is 14.2. The lowest BCUT2D eigenvalue weighted by Gasteiger charge is -2.38. The van der Waals surface area contributed by atoms with E-state index in [4.69, 9.17) is 13.9 Å². The summed E-state index contributed by atoms with van der Waals surface area (Å²) in [6, 6.07) is 15.9. The van der Waals surface area contributed by atoms with Crippen LogP contribution in [0, 0.1) is 0 Å². The van der Waals surface area contributed by atoms with E-state index in [1.807, 2.05) is 36.4 Å². The monoisotopic (exact) mass is 394 g/mol. The molecule has 29 heavy (non-hydrogen) atoms. The Morgan fingerprint density at radius 2 is 1.41 bits per heavy atom. The van der Waals surface area contributed by atoms with E-state index in [0.29, 0.717) is 11.8 Å². The zero-order valence-electron chi connectivity index (χ0n) is 17.0. The number of rotatable bonds is 6. The van der Waals surface area contributed by atoms with Crippen LogP contribution in [-0.4, -0.2) is 55.5 Å². The molecule has 3 aromatic rings. The Labute approximate surface area is 170 Å². The van der Waals surface area contributed by atoms with Crippen LogP contribution in [0.2, 0.25) is 0 Å². The molecule has 2 aromatic carbocycles. The molecule has 1 fully saturated rings. The number of benzene rings is 2. The van der Waals surface area contributed by atoms with Crippen LogP contribution in [0.1, 0.15) is 18.9 Å². The number of anilines is 1. The van der Waals surface area contributed by atoms with Crippen molar-refractivity contribution in [2.45, 2.75) is 13.0 Å². The Kier molecular flexibility index (Phi) is 5.67. The molecule has 1 saturated heterocycles. The summed E-state index contributed by atoms with van der Waals surface area (Å²) in [6.07, 6.45) is 0. The lowest BCUT2D eigenvalue weighted by molar-refractivity contribution is 0.174. The minimum absolute atomic E-state index is 0.0764. The van der Waals surface area contributed by atoms with Gasteiger partial charge in [0.15, 0.2) is 0 Å². The van der Waals surface area contributed by atoms with E-state index in [9.17, 15) is 0 Å². The fourth-order valence-corrected chi connectivity index (χ4v) is 3.57. The van der Waals surface area contributed by atoms with Gasteiger partial charge in [-0.1, -0.05) is 0 Å². The van der Waals surface area contributed by atoms with Gasteiger partial charge >= 0.3 is 0 Å². The molecule has 2 heterocycles. The van der Waals surface area contributed by atoms with E-state index in [-0.39, 0.29) is 6.04 Å². The Morgan fingerprint density at radius 3 is 2.00 bits per heavy atom. The average Bonchev–Trinajstić information content (AvgIpc) is 3.29. The van der Waals surface area contributed by atoms with Gasteiger partial charge in [-0.15, -0.1) is 10.2 Å². The molecule has 1 atom stereocenters. The van der Waals surface area contributed by atoms with Crippen molar-refractivity contribution in [3.63, 3.8) is 0 Å². The Hall–Kier alpha value is -3.06. The molecule has 4 rings (SSSR count). The Balaban J connectivity index is 1.38. The van der Waals surface area contributed by atoms with E-state index in [0.717, 1.165) is 43.2 Å². The molecule has 0 spiro atoms. The van der Waals surface area contributed by atoms with Crippen LogP contribution in [0.3, 0.4) is 0 Å². The highest BCUT2D eigenvalue weighted by Crippen LogP contribution is 2.27. The molecule has 152 valence electrons. The van der Waals surface area contributed by atoms with Crippen LogP contribution in [0.15, 0.2) is 52.9 Å². The largest absolute Gasteiger partial charge is 0.497 e. The molecule has 7 heteroatoms. The first-order valence-corrected chi connectivity index (χ1v) is 9.79. The Morgan fingerprint density at radius 1 is 0.828 bits per heavy atom. The summed E-state index contributed by atoms with van der Waals surface area (Å²) in [5, 5.41) is 8.52. The summed E-state index contributed by atoms with van der Waals surface area (Å²) < 4.78 is 16.4. The van der Waals surface area contributed by atoms with Crippen LogP contribution in [-0.2, 0) is 0 Å².